The third-order valence-electron chi connectivity index (χ3n) is 16.1. The van der Waals surface area contributed by atoms with Crippen LogP contribution in [0.25, 0.3) is 32.7 Å². The summed E-state index contributed by atoms with van der Waals surface area (Å²) in [5, 5.41) is 42.2. The average molecular weight is 1050 g/mol. The van der Waals surface area contributed by atoms with Crippen molar-refractivity contribution in [3.8, 4) is 27.4 Å². The zero-order valence-corrected chi connectivity index (χ0v) is 44.5. The van der Waals surface area contributed by atoms with Crippen molar-refractivity contribution in [2.24, 2.45) is 11.8 Å². The molecule has 0 bridgehead atoms. The number of β-amino-alcohol motifs (C(OH)–C–C–N with tert-alkyl or cyclic N) is 1. The average Bonchev–Trinajstić information content (AvgIpc) is 4.27. The Kier molecular flexibility index (Phi) is 14.6. The number of pyridine rings is 1. The van der Waals surface area contributed by atoms with E-state index in [0.717, 1.165) is 129 Å². The molecule has 0 radical (unpaired) electrons. The number of aliphatic hydroxyl groups excluding tert-OH is 1. The summed E-state index contributed by atoms with van der Waals surface area (Å²) in [5.74, 6) is 1.96. The highest BCUT2D eigenvalue weighted by Crippen LogP contribution is 2.37. The fraction of sp³-hybridized carbons (Fsp3) is 0.464. The number of anilines is 4. The maximum absolute atomic E-state index is 14.4. The third kappa shape index (κ3) is 10.5. The summed E-state index contributed by atoms with van der Waals surface area (Å²) < 4.78 is 7.94. The van der Waals surface area contributed by atoms with Gasteiger partial charge in [-0.3, -0.25) is 19.2 Å². The summed E-state index contributed by atoms with van der Waals surface area (Å²) in [6, 6.07) is 22.4. The molecule has 1 unspecified atom stereocenters. The Balaban J connectivity index is 0.631. The first-order valence-corrected chi connectivity index (χ1v) is 27.7. The molecule has 4 aliphatic heterocycles. The van der Waals surface area contributed by atoms with Gasteiger partial charge >= 0.3 is 0 Å². The van der Waals surface area contributed by atoms with Crippen LogP contribution in [0.5, 0.6) is 5.75 Å². The Labute approximate surface area is 446 Å². The quantitative estimate of drug-likeness (QED) is 0.0856. The van der Waals surface area contributed by atoms with Gasteiger partial charge in [-0.1, -0.05) is 55.4 Å². The van der Waals surface area contributed by atoms with Crippen molar-refractivity contribution >= 4 is 57.3 Å². The molecule has 76 heavy (non-hydrogen) atoms. The molecule has 5 N–H and O–H groups in total. The summed E-state index contributed by atoms with van der Waals surface area (Å²) in [7, 11) is 0. The highest BCUT2D eigenvalue weighted by atomic mass is 32.1. The number of carbonyl (C=O) groups is 2. The molecule has 0 saturated carbocycles. The molecule has 20 heteroatoms. The smallest absolute Gasteiger partial charge is 0.243 e. The third-order valence-corrected chi connectivity index (χ3v) is 17.1. The van der Waals surface area contributed by atoms with Gasteiger partial charge in [0.05, 0.1) is 57.4 Å². The first-order valence-electron chi connectivity index (χ1n) is 26.8. The van der Waals surface area contributed by atoms with Gasteiger partial charge in [0.25, 0.3) is 0 Å². The van der Waals surface area contributed by atoms with E-state index in [-0.39, 0.29) is 48.5 Å². The van der Waals surface area contributed by atoms with E-state index in [0.29, 0.717) is 34.3 Å². The molecule has 11 rings (SSSR count). The number of aromatic nitrogens is 7. The number of piperidine rings is 2. The molecule has 398 valence electrons. The molecule has 9 heterocycles. The molecule has 7 aromatic rings. The van der Waals surface area contributed by atoms with Gasteiger partial charge < -0.3 is 45.4 Å². The number of thiazole rings is 1. The van der Waals surface area contributed by atoms with Crippen LogP contribution in [0.1, 0.15) is 87.9 Å². The van der Waals surface area contributed by atoms with E-state index in [4.69, 9.17) is 15.2 Å². The minimum absolute atomic E-state index is 0.0830. The predicted molar refractivity (Wildman–Crippen MR) is 294 cm³/mol. The van der Waals surface area contributed by atoms with Gasteiger partial charge in [0.2, 0.25) is 11.8 Å². The van der Waals surface area contributed by atoms with Gasteiger partial charge in [-0.05, 0) is 92.8 Å². The van der Waals surface area contributed by atoms with Crippen LogP contribution < -0.4 is 25.8 Å². The lowest BCUT2D eigenvalue weighted by Gasteiger charge is -2.39. The SMILES string of the molecule is Cc1ncsc1-c1ccc([C@H](C)NC(=O)[C@@H]2C[C@@H](O)CN2C(=O)C(c2cc(N3CCC(CN4CCN(c5ccc(N6CCC(n7nc(N)c8nnc(-c9ccccc9O)cc87)CC6)nc5)CC4)CC3)no2)C(C)C)cc1. The minimum atomic E-state index is -0.804. The molecular formula is C56H68N14O5S. The number of carbonyl (C=O) groups excluding carboxylic acids is 2. The largest absolute Gasteiger partial charge is 0.507 e. The Morgan fingerprint density at radius 3 is 2.29 bits per heavy atom. The first kappa shape index (κ1) is 51.0. The van der Waals surface area contributed by atoms with Crippen molar-refractivity contribution < 1.29 is 24.3 Å². The van der Waals surface area contributed by atoms with Crippen LogP contribution in [0.2, 0.25) is 0 Å². The number of benzene rings is 2. The Morgan fingerprint density at radius 2 is 1.59 bits per heavy atom. The Morgan fingerprint density at radius 1 is 0.855 bits per heavy atom. The maximum Gasteiger partial charge on any atom is 0.243 e. The number of rotatable bonds is 14. The van der Waals surface area contributed by atoms with E-state index in [2.05, 4.69) is 62.5 Å². The Hall–Kier alpha value is -7.16. The number of amides is 2. The lowest BCUT2D eigenvalue weighted by Crippen LogP contribution is -2.49. The van der Waals surface area contributed by atoms with Gasteiger partial charge in [0.1, 0.15) is 23.5 Å². The maximum atomic E-state index is 14.4. The van der Waals surface area contributed by atoms with Crippen molar-refractivity contribution in [3.05, 3.63) is 102 Å². The molecule has 0 aliphatic carbocycles. The number of hydrogen-bond acceptors (Lipinski definition) is 17. The highest BCUT2D eigenvalue weighted by molar-refractivity contribution is 7.13. The van der Waals surface area contributed by atoms with E-state index in [9.17, 15) is 19.8 Å². The number of aryl methyl sites for hydroxylation is 1. The second kappa shape index (κ2) is 21.8. The molecule has 2 aromatic carbocycles. The number of aromatic hydroxyl groups is 1. The summed E-state index contributed by atoms with van der Waals surface area (Å²) in [5.41, 5.74) is 14.9. The number of nitrogen functional groups attached to an aromatic ring is 1. The van der Waals surface area contributed by atoms with Gasteiger partial charge in [-0.15, -0.1) is 21.5 Å². The molecule has 0 spiro atoms. The van der Waals surface area contributed by atoms with E-state index >= 15 is 0 Å². The minimum Gasteiger partial charge on any atom is -0.507 e. The predicted octanol–water partition coefficient (Wildman–Crippen LogP) is 7.05. The zero-order chi connectivity index (χ0) is 52.6. The molecule has 4 fully saturated rings. The van der Waals surface area contributed by atoms with Crippen LogP contribution in [0.15, 0.2) is 89.0 Å². The first-order chi connectivity index (χ1) is 36.8. The van der Waals surface area contributed by atoms with E-state index in [1.807, 2.05) is 92.6 Å². The number of piperazine rings is 1. The molecule has 4 aliphatic rings. The molecule has 19 nitrogen and oxygen atoms in total. The monoisotopic (exact) mass is 1050 g/mol. The van der Waals surface area contributed by atoms with Crippen LogP contribution in [0.3, 0.4) is 0 Å². The fourth-order valence-corrected chi connectivity index (χ4v) is 12.5. The number of nitrogens with zero attached hydrogens (tertiary/aromatic N) is 12. The molecule has 4 atom stereocenters. The number of nitrogens with two attached hydrogens (primary N) is 1. The van der Waals surface area contributed by atoms with Crippen LogP contribution in [0.4, 0.5) is 23.1 Å². The van der Waals surface area contributed by atoms with Gasteiger partial charge in [0.15, 0.2) is 22.9 Å². The van der Waals surface area contributed by atoms with Gasteiger partial charge in [0, 0.05) is 83.5 Å². The lowest BCUT2D eigenvalue weighted by molar-refractivity contribution is -0.141. The van der Waals surface area contributed by atoms with Crippen LogP contribution in [-0.2, 0) is 9.59 Å². The van der Waals surface area contributed by atoms with Gasteiger partial charge in [-0.25, -0.2) is 9.97 Å². The summed E-state index contributed by atoms with van der Waals surface area (Å²) in [6.07, 6.45) is 5.21. The number of nitrogens with one attached hydrogen (secondary N) is 1. The standard InChI is InChI=1S/C56H68N14O5S/c1-34(2)51(56(74)69-32-42(71)27-46(69)55(73)60-35(3)38-9-11-39(12-10-38)53-36(4)59-33-76-53)48-29-50(64-75-48)68-19-15-37(16-20-68)31-65-23-25-66(26-24-65)41-13-14-49(58-30-41)67-21-17-40(18-22-67)70-45-28-44(43-7-5-6-8-47(43)72)61-62-52(45)54(57)63-70/h5-14,28-30,33-35,37,40,42,46,51,71-72H,15-27,31-32H2,1-4H3,(H2,57,63)(H,60,73)/t35-,42+,46-,51?/m0/s1. The normalized spacial score (nSPS) is 20.0. The summed E-state index contributed by atoms with van der Waals surface area (Å²) >= 11 is 1.60. The summed E-state index contributed by atoms with van der Waals surface area (Å²) in [4.78, 5) is 49.8. The Bertz CT molecular complexity index is 3140. The summed E-state index contributed by atoms with van der Waals surface area (Å²) in [6.45, 7) is 16.3. The highest BCUT2D eigenvalue weighted by Gasteiger charge is 2.44. The van der Waals surface area contributed by atoms with E-state index in [1.165, 1.54) is 4.90 Å². The number of fused-ring (bicyclic) bond motifs is 1. The fourth-order valence-electron chi connectivity index (χ4n) is 11.7. The van der Waals surface area contributed by atoms with Crippen molar-refractivity contribution in [1.82, 2.24) is 50.2 Å². The lowest BCUT2D eigenvalue weighted by atomic mass is 9.91. The van der Waals surface area contributed by atoms with Gasteiger partial charge in [-0.2, -0.15) is 5.10 Å². The number of phenols is 1. The molecule has 4 saturated heterocycles. The number of phenolic OH excluding ortho intramolecular Hbond substituents is 1. The molecule has 2 amide bonds. The van der Waals surface area contributed by atoms with E-state index < -0.39 is 18.1 Å². The van der Waals surface area contributed by atoms with Crippen LogP contribution in [-0.4, -0.2) is 145 Å². The van der Waals surface area contributed by atoms with Crippen molar-refractivity contribution in [2.75, 3.05) is 85.9 Å². The van der Waals surface area contributed by atoms with Crippen molar-refractivity contribution in [3.63, 3.8) is 0 Å². The topological polar surface area (TPSA) is 224 Å². The molecule has 5 aromatic heterocycles. The van der Waals surface area contributed by atoms with Crippen LogP contribution in [0, 0.1) is 18.8 Å². The second-order valence-corrected chi connectivity index (χ2v) is 22.3. The number of hydrogen-bond donors (Lipinski definition) is 4. The van der Waals surface area contributed by atoms with Crippen molar-refractivity contribution in [2.45, 2.75) is 89.9 Å². The number of aliphatic hydroxyl groups is 1. The number of likely N-dealkylation sites (tertiary alicyclic amines) is 1. The van der Waals surface area contributed by atoms with E-state index in [1.54, 1.807) is 23.5 Å². The molecular weight excluding hydrogens is 981 g/mol. The van der Waals surface area contributed by atoms with Crippen LogP contribution >= 0.6 is 11.3 Å². The number of para-hydroxylation sites is 1. The zero-order valence-electron chi connectivity index (χ0n) is 43.7. The van der Waals surface area contributed by atoms with Crippen molar-refractivity contribution in [1.29, 1.82) is 0 Å². The second-order valence-electron chi connectivity index (χ2n) is 21.4.